The Morgan fingerprint density at radius 2 is 2.08 bits per heavy atom. The van der Waals surface area contributed by atoms with Crippen molar-refractivity contribution in [2.45, 2.75) is 12.7 Å². The van der Waals surface area contributed by atoms with Crippen molar-refractivity contribution in [1.29, 1.82) is 0 Å². The highest BCUT2D eigenvalue weighted by atomic mass is 32.2. The van der Waals surface area contributed by atoms with Gasteiger partial charge in [-0.2, -0.15) is 13.2 Å². The van der Waals surface area contributed by atoms with Crippen LogP contribution in [-0.2, 0) is 27.3 Å². The van der Waals surface area contributed by atoms with E-state index in [2.05, 4.69) is 20.6 Å². The predicted octanol–water partition coefficient (Wildman–Crippen LogP) is 0.888. The first-order valence-electron chi connectivity index (χ1n) is 6.83. The van der Waals surface area contributed by atoms with Gasteiger partial charge in [0.25, 0.3) is 0 Å². The zero-order valence-electron chi connectivity index (χ0n) is 13.2. The maximum Gasteiger partial charge on any atom is 0.434 e. The number of guanidine groups is 1. The van der Waals surface area contributed by atoms with Crippen LogP contribution in [0.15, 0.2) is 10.4 Å². The molecule has 0 aromatic carbocycles. The topological polar surface area (TPSA) is 92.7 Å². The molecule has 0 unspecified atom stereocenters. The summed E-state index contributed by atoms with van der Waals surface area (Å²) < 4.78 is 64.3. The number of thiazole rings is 1. The summed E-state index contributed by atoms with van der Waals surface area (Å²) in [5.74, 6) is 0.330. The van der Waals surface area contributed by atoms with E-state index in [9.17, 15) is 21.6 Å². The second-order valence-electron chi connectivity index (χ2n) is 4.72. The molecule has 0 atom stereocenters. The van der Waals surface area contributed by atoms with Crippen LogP contribution >= 0.6 is 11.3 Å². The summed E-state index contributed by atoms with van der Waals surface area (Å²) in [6, 6.07) is 0. The Labute approximate surface area is 142 Å². The fourth-order valence-electron chi connectivity index (χ4n) is 1.46. The number of aromatic nitrogens is 1. The van der Waals surface area contributed by atoms with Crippen molar-refractivity contribution in [1.82, 2.24) is 15.6 Å². The third-order valence-electron chi connectivity index (χ3n) is 2.61. The minimum absolute atomic E-state index is 0.0500. The number of sulfone groups is 1. The molecule has 0 aliphatic heterocycles. The third-order valence-corrected chi connectivity index (χ3v) is 4.37. The molecule has 0 bridgehead atoms. The lowest BCUT2D eigenvalue weighted by Crippen LogP contribution is -2.38. The molecule has 7 nitrogen and oxygen atoms in total. The van der Waals surface area contributed by atoms with E-state index in [1.54, 1.807) is 0 Å². The van der Waals surface area contributed by atoms with Gasteiger partial charge >= 0.3 is 6.18 Å². The van der Waals surface area contributed by atoms with Crippen LogP contribution in [-0.4, -0.2) is 58.2 Å². The Morgan fingerprint density at radius 1 is 1.38 bits per heavy atom. The van der Waals surface area contributed by atoms with E-state index in [0.717, 1.165) is 23.0 Å². The minimum Gasteiger partial charge on any atom is -0.379 e. The van der Waals surface area contributed by atoms with Crippen LogP contribution in [0, 0.1) is 0 Å². The number of alkyl halides is 3. The van der Waals surface area contributed by atoms with E-state index in [1.165, 1.54) is 7.05 Å². The fourth-order valence-corrected chi connectivity index (χ4v) is 2.62. The number of halogens is 3. The Balaban J connectivity index is 2.27. The van der Waals surface area contributed by atoms with E-state index < -0.39 is 21.7 Å². The van der Waals surface area contributed by atoms with Crippen molar-refractivity contribution in [3.8, 4) is 0 Å². The van der Waals surface area contributed by atoms with Crippen LogP contribution < -0.4 is 10.6 Å². The van der Waals surface area contributed by atoms with Gasteiger partial charge in [0.05, 0.1) is 25.5 Å². The van der Waals surface area contributed by atoms with Gasteiger partial charge in [0.1, 0.15) is 14.8 Å². The van der Waals surface area contributed by atoms with E-state index in [0.29, 0.717) is 12.5 Å². The van der Waals surface area contributed by atoms with Crippen molar-refractivity contribution >= 4 is 27.1 Å². The number of ether oxygens (including phenoxy) is 1. The van der Waals surface area contributed by atoms with E-state index in [4.69, 9.17) is 4.74 Å². The van der Waals surface area contributed by atoms with Crippen LogP contribution in [0.25, 0.3) is 0 Å². The first-order chi connectivity index (χ1) is 11.1. The average Bonchev–Trinajstić information content (AvgIpc) is 2.93. The number of nitrogens with zero attached hydrogens (tertiary/aromatic N) is 2. The lowest BCUT2D eigenvalue weighted by molar-refractivity contribution is -0.140. The Morgan fingerprint density at radius 3 is 2.62 bits per heavy atom. The average molecular weight is 388 g/mol. The molecule has 1 aromatic rings. The van der Waals surface area contributed by atoms with Gasteiger partial charge in [0, 0.05) is 25.2 Å². The monoisotopic (exact) mass is 388 g/mol. The smallest absolute Gasteiger partial charge is 0.379 e. The largest absolute Gasteiger partial charge is 0.434 e. The first kappa shape index (κ1) is 20.6. The van der Waals surface area contributed by atoms with Crippen molar-refractivity contribution in [2.75, 3.05) is 38.8 Å². The first-order valence-corrected chi connectivity index (χ1v) is 9.77. The van der Waals surface area contributed by atoms with Gasteiger partial charge in [0.15, 0.2) is 11.7 Å². The normalized spacial score (nSPS) is 13.1. The van der Waals surface area contributed by atoms with Gasteiger partial charge in [-0.3, -0.25) is 4.99 Å². The molecule has 0 fully saturated rings. The molecule has 0 radical (unpaired) electrons. The molecule has 0 aliphatic rings. The molecule has 138 valence electrons. The summed E-state index contributed by atoms with van der Waals surface area (Å²) >= 11 is 0.908. The maximum atomic E-state index is 12.4. The molecule has 0 saturated heterocycles. The molecule has 2 N–H and O–H groups in total. The molecular weight excluding hydrogens is 369 g/mol. The number of hydrogen-bond acceptors (Lipinski definition) is 6. The second-order valence-corrected chi connectivity index (χ2v) is 7.92. The molecule has 0 aliphatic carbocycles. The fraction of sp³-hybridized carbons (Fsp3) is 0.667. The summed E-state index contributed by atoms with van der Waals surface area (Å²) in [7, 11) is -1.53. The Kier molecular flexibility index (Phi) is 7.90. The molecule has 1 heterocycles. The lowest BCUT2D eigenvalue weighted by Gasteiger charge is -2.11. The molecule has 0 saturated carbocycles. The van der Waals surface area contributed by atoms with E-state index in [-0.39, 0.29) is 30.5 Å². The molecule has 0 spiro atoms. The summed E-state index contributed by atoms with van der Waals surface area (Å²) in [6.45, 7) is 0.849. The van der Waals surface area contributed by atoms with Crippen molar-refractivity contribution < 1.29 is 26.3 Å². The quantitative estimate of drug-likeness (QED) is 0.390. The van der Waals surface area contributed by atoms with Crippen molar-refractivity contribution in [2.24, 2.45) is 4.99 Å². The lowest BCUT2D eigenvalue weighted by atomic mass is 10.5. The predicted molar refractivity (Wildman–Crippen MR) is 85.8 cm³/mol. The van der Waals surface area contributed by atoms with E-state index in [1.807, 2.05) is 0 Å². The standard InChI is InChI=1S/C12H19F3N4O3S2/c1-16-11(17-3-4-22-5-6-24(2,20)21)18-7-10-19-9(8-23-10)12(13,14)15/h8H,3-7H2,1-2H3,(H2,16,17,18). The van der Waals surface area contributed by atoms with Crippen LogP contribution in [0.5, 0.6) is 0 Å². The van der Waals surface area contributed by atoms with Crippen LogP contribution in [0.4, 0.5) is 13.2 Å². The third kappa shape index (κ3) is 8.45. The van der Waals surface area contributed by atoms with Crippen molar-refractivity contribution in [3.05, 3.63) is 16.1 Å². The second kappa shape index (κ2) is 9.18. The SMILES string of the molecule is CN=C(NCCOCCS(C)(=O)=O)NCc1nc(C(F)(F)F)cs1. The maximum absolute atomic E-state index is 12.4. The van der Waals surface area contributed by atoms with Gasteiger partial charge in [-0.25, -0.2) is 13.4 Å². The summed E-state index contributed by atoms with van der Waals surface area (Å²) in [4.78, 5) is 7.41. The van der Waals surface area contributed by atoms with Gasteiger partial charge in [-0.05, 0) is 0 Å². The number of nitrogens with one attached hydrogen (secondary N) is 2. The molecule has 1 aromatic heterocycles. The van der Waals surface area contributed by atoms with Gasteiger partial charge in [-0.15, -0.1) is 11.3 Å². The summed E-state index contributed by atoms with van der Waals surface area (Å²) in [6.07, 6.45) is -3.32. The molecule has 12 heteroatoms. The molecule has 1 rings (SSSR count). The number of aliphatic imine (C=N–C) groups is 1. The van der Waals surface area contributed by atoms with Crippen LogP contribution in [0.3, 0.4) is 0 Å². The number of hydrogen-bond donors (Lipinski definition) is 2. The zero-order chi connectivity index (χ0) is 18.2. The van der Waals surface area contributed by atoms with Crippen molar-refractivity contribution in [3.63, 3.8) is 0 Å². The summed E-state index contributed by atoms with van der Waals surface area (Å²) in [5.41, 5.74) is -0.911. The highest BCUT2D eigenvalue weighted by molar-refractivity contribution is 7.90. The van der Waals surface area contributed by atoms with E-state index >= 15 is 0 Å². The van der Waals surface area contributed by atoms with Crippen LogP contribution in [0.2, 0.25) is 0 Å². The Bertz CT molecular complexity index is 644. The van der Waals surface area contributed by atoms with Gasteiger partial charge < -0.3 is 15.4 Å². The van der Waals surface area contributed by atoms with Crippen LogP contribution in [0.1, 0.15) is 10.7 Å². The molecule has 0 amide bonds. The Hall–Kier alpha value is -1.40. The van der Waals surface area contributed by atoms with Gasteiger partial charge in [-0.1, -0.05) is 0 Å². The highest BCUT2D eigenvalue weighted by Crippen LogP contribution is 2.29. The zero-order valence-corrected chi connectivity index (χ0v) is 14.8. The van der Waals surface area contributed by atoms with Gasteiger partial charge in [0.2, 0.25) is 0 Å². The summed E-state index contributed by atoms with van der Waals surface area (Å²) in [5, 5.41) is 6.97. The number of rotatable bonds is 8. The highest BCUT2D eigenvalue weighted by Gasteiger charge is 2.33. The minimum atomic E-state index is -4.45. The molecule has 24 heavy (non-hydrogen) atoms. The molecular formula is C12H19F3N4O3S2.